The number of hydrogen-bond donors (Lipinski definition) is 0. The zero-order chi connectivity index (χ0) is 13.0. The first-order valence-corrected chi connectivity index (χ1v) is 5.68. The van der Waals surface area contributed by atoms with Crippen molar-refractivity contribution in [2.75, 3.05) is 6.61 Å². The smallest absolute Gasteiger partial charge is 0.418 e. The summed E-state index contributed by atoms with van der Waals surface area (Å²) in [4.78, 5) is 23.9. The van der Waals surface area contributed by atoms with Gasteiger partial charge in [-0.3, -0.25) is 4.79 Å². The number of carbonyl (C=O) groups is 2. The molecule has 0 amide bonds. The van der Waals surface area contributed by atoms with E-state index >= 15 is 0 Å². The molecule has 0 aliphatic heterocycles. The molecule has 0 aliphatic rings. The number of carbonyl (C=O) groups excluding carboxylic acids is 2. The molecular weight excluding hydrogens is 230 g/mol. The average Bonchev–Trinajstić information content (AvgIpc) is 2.88. The van der Waals surface area contributed by atoms with Gasteiger partial charge in [0.2, 0.25) is 5.78 Å². The third kappa shape index (κ3) is 2.32. The van der Waals surface area contributed by atoms with Crippen molar-refractivity contribution in [1.82, 2.24) is 4.57 Å². The summed E-state index contributed by atoms with van der Waals surface area (Å²) < 4.78 is 6.11. The lowest BCUT2D eigenvalue weighted by Gasteiger charge is -2.06. The SMILES string of the molecule is CCOC(=O)n1cccc1C(=O)c1ccccc1. The molecule has 1 aromatic carbocycles. The van der Waals surface area contributed by atoms with Gasteiger partial charge in [0.15, 0.2) is 0 Å². The lowest BCUT2D eigenvalue weighted by molar-refractivity contribution is 0.102. The molecule has 4 heteroatoms. The molecule has 0 atom stereocenters. The molecule has 0 aliphatic carbocycles. The molecule has 0 saturated carbocycles. The van der Waals surface area contributed by atoms with Crippen LogP contribution in [0.4, 0.5) is 4.79 Å². The molecule has 0 radical (unpaired) electrons. The Labute approximate surface area is 105 Å². The maximum Gasteiger partial charge on any atom is 0.418 e. The lowest BCUT2D eigenvalue weighted by Crippen LogP contribution is -2.18. The van der Waals surface area contributed by atoms with Crippen molar-refractivity contribution >= 4 is 11.9 Å². The zero-order valence-electron chi connectivity index (χ0n) is 10.00. The van der Waals surface area contributed by atoms with E-state index in [9.17, 15) is 9.59 Å². The Morgan fingerprint density at radius 3 is 2.50 bits per heavy atom. The summed E-state index contributed by atoms with van der Waals surface area (Å²) >= 11 is 0. The summed E-state index contributed by atoms with van der Waals surface area (Å²) in [7, 11) is 0. The van der Waals surface area contributed by atoms with Gasteiger partial charge >= 0.3 is 6.09 Å². The fraction of sp³-hybridized carbons (Fsp3) is 0.143. The van der Waals surface area contributed by atoms with Gasteiger partial charge in [-0.05, 0) is 19.1 Å². The Balaban J connectivity index is 2.32. The summed E-state index contributed by atoms with van der Waals surface area (Å²) in [5.41, 5.74) is 0.849. The third-order valence-electron chi connectivity index (χ3n) is 2.48. The first-order valence-electron chi connectivity index (χ1n) is 5.68. The standard InChI is InChI=1S/C14H13NO3/c1-2-18-14(17)15-10-6-9-12(15)13(16)11-7-4-3-5-8-11/h3-10H,2H2,1H3. The van der Waals surface area contributed by atoms with Crippen molar-refractivity contribution in [2.24, 2.45) is 0 Å². The highest BCUT2D eigenvalue weighted by Gasteiger charge is 2.17. The summed E-state index contributed by atoms with van der Waals surface area (Å²) in [5.74, 6) is -0.200. The molecule has 92 valence electrons. The monoisotopic (exact) mass is 243 g/mol. The number of hydrogen-bond acceptors (Lipinski definition) is 3. The van der Waals surface area contributed by atoms with Crippen LogP contribution in [0.1, 0.15) is 23.0 Å². The van der Waals surface area contributed by atoms with Gasteiger partial charge in [-0.15, -0.1) is 0 Å². The predicted molar refractivity (Wildman–Crippen MR) is 66.7 cm³/mol. The van der Waals surface area contributed by atoms with Crippen LogP contribution in [0.2, 0.25) is 0 Å². The largest absolute Gasteiger partial charge is 0.449 e. The third-order valence-corrected chi connectivity index (χ3v) is 2.48. The van der Waals surface area contributed by atoms with Gasteiger partial charge in [0.1, 0.15) is 0 Å². The van der Waals surface area contributed by atoms with Crippen LogP contribution in [0.15, 0.2) is 48.7 Å². The fourth-order valence-corrected chi connectivity index (χ4v) is 1.66. The van der Waals surface area contributed by atoms with E-state index in [1.807, 2.05) is 6.07 Å². The van der Waals surface area contributed by atoms with Crippen molar-refractivity contribution in [3.63, 3.8) is 0 Å². The molecule has 0 spiro atoms. The molecular formula is C14H13NO3. The Kier molecular flexibility index (Phi) is 3.57. The minimum Gasteiger partial charge on any atom is -0.449 e. The van der Waals surface area contributed by atoms with E-state index in [-0.39, 0.29) is 12.4 Å². The van der Waals surface area contributed by atoms with E-state index in [2.05, 4.69) is 0 Å². The van der Waals surface area contributed by atoms with Crippen molar-refractivity contribution in [3.8, 4) is 0 Å². The van der Waals surface area contributed by atoms with E-state index in [4.69, 9.17) is 4.74 Å². The quantitative estimate of drug-likeness (QED) is 0.779. The Hall–Kier alpha value is -2.36. The lowest BCUT2D eigenvalue weighted by atomic mass is 10.1. The maximum atomic E-state index is 12.2. The highest BCUT2D eigenvalue weighted by Crippen LogP contribution is 2.11. The molecule has 4 nitrogen and oxygen atoms in total. The van der Waals surface area contributed by atoms with Crippen molar-refractivity contribution in [3.05, 3.63) is 59.9 Å². The fourth-order valence-electron chi connectivity index (χ4n) is 1.66. The van der Waals surface area contributed by atoms with Gasteiger partial charge in [0, 0.05) is 11.8 Å². The molecule has 0 fully saturated rings. The molecule has 1 aromatic heterocycles. The second-order valence-corrected chi connectivity index (χ2v) is 3.66. The molecule has 0 saturated heterocycles. The van der Waals surface area contributed by atoms with Gasteiger partial charge in [0.05, 0.1) is 12.3 Å². The van der Waals surface area contributed by atoms with E-state index < -0.39 is 6.09 Å². The first-order chi connectivity index (χ1) is 8.74. The molecule has 18 heavy (non-hydrogen) atoms. The van der Waals surface area contributed by atoms with Crippen LogP contribution in [0.3, 0.4) is 0 Å². The van der Waals surface area contributed by atoms with Crippen LogP contribution < -0.4 is 0 Å². The van der Waals surface area contributed by atoms with Gasteiger partial charge in [-0.2, -0.15) is 0 Å². The van der Waals surface area contributed by atoms with Gasteiger partial charge in [0.25, 0.3) is 0 Å². The first kappa shape index (κ1) is 12.1. The number of ketones is 1. The summed E-state index contributed by atoms with van der Waals surface area (Å²) in [5, 5.41) is 0. The van der Waals surface area contributed by atoms with E-state index in [0.717, 1.165) is 0 Å². The van der Waals surface area contributed by atoms with Crippen LogP contribution in [-0.4, -0.2) is 23.1 Å². The number of ether oxygens (including phenoxy) is 1. The minimum atomic E-state index is -0.540. The van der Waals surface area contributed by atoms with Crippen LogP contribution in [0.25, 0.3) is 0 Å². The minimum absolute atomic E-state index is 0.200. The number of nitrogens with zero attached hydrogens (tertiary/aromatic N) is 1. The summed E-state index contributed by atoms with van der Waals surface area (Å²) in [6.45, 7) is 2.00. The highest BCUT2D eigenvalue weighted by atomic mass is 16.5. The van der Waals surface area contributed by atoms with E-state index in [0.29, 0.717) is 11.3 Å². The summed E-state index contributed by atoms with van der Waals surface area (Å²) in [6.07, 6.45) is 0.982. The molecule has 0 unspecified atom stereocenters. The summed E-state index contributed by atoms with van der Waals surface area (Å²) in [6, 6.07) is 12.1. The molecule has 2 aromatic rings. The number of rotatable bonds is 3. The second-order valence-electron chi connectivity index (χ2n) is 3.66. The molecule has 0 bridgehead atoms. The van der Waals surface area contributed by atoms with Crippen LogP contribution in [0.5, 0.6) is 0 Å². The van der Waals surface area contributed by atoms with Gasteiger partial charge < -0.3 is 4.74 Å². The van der Waals surface area contributed by atoms with Gasteiger partial charge in [-0.25, -0.2) is 9.36 Å². The second kappa shape index (κ2) is 5.31. The van der Waals surface area contributed by atoms with Crippen molar-refractivity contribution in [1.29, 1.82) is 0 Å². The topological polar surface area (TPSA) is 48.3 Å². The number of aromatic nitrogens is 1. The number of benzene rings is 1. The van der Waals surface area contributed by atoms with Crippen molar-refractivity contribution < 1.29 is 14.3 Å². The predicted octanol–water partition coefficient (Wildman–Crippen LogP) is 2.72. The van der Waals surface area contributed by atoms with Crippen LogP contribution in [-0.2, 0) is 4.74 Å². The van der Waals surface area contributed by atoms with Crippen molar-refractivity contribution in [2.45, 2.75) is 6.92 Å². The van der Waals surface area contributed by atoms with Crippen LogP contribution >= 0.6 is 0 Å². The highest BCUT2D eigenvalue weighted by molar-refractivity contribution is 6.09. The normalized spacial score (nSPS) is 10.1. The molecule has 1 heterocycles. The maximum absolute atomic E-state index is 12.2. The van der Waals surface area contributed by atoms with E-state index in [1.165, 1.54) is 10.8 Å². The average molecular weight is 243 g/mol. The Morgan fingerprint density at radius 1 is 1.11 bits per heavy atom. The Morgan fingerprint density at radius 2 is 1.83 bits per heavy atom. The Bertz CT molecular complexity index is 557. The van der Waals surface area contributed by atoms with Gasteiger partial charge in [-0.1, -0.05) is 30.3 Å². The molecule has 0 N–H and O–H groups in total. The molecule has 2 rings (SSSR count). The zero-order valence-corrected chi connectivity index (χ0v) is 10.00. The van der Waals surface area contributed by atoms with Crippen LogP contribution in [0, 0.1) is 0 Å². The van der Waals surface area contributed by atoms with E-state index in [1.54, 1.807) is 43.3 Å².